The Labute approximate surface area is 150 Å². The molecule has 3 aromatic rings. The predicted molar refractivity (Wildman–Crippen MR) is 93.9 cm³/mol. The van der Waals surface area contributed by atoms with Crippen molar-refractivity contribution in [2.45, 2.75) is 18.8 Å². The maximum atomic E-state index is 13.2. The van der Waals surface area contributed by atoms with Gasteiger partial charge in [0.15, 0.2) is 0 Å². The molecular formula is C19H18FN5O. The zero-order chi connectivity index (χ0) is 17.9. The normalized spacial score (nSPS) is 17.3. The van der Waals surface area contributed by atoms with Gasteiger partial charge in [-0.1, -0.05) is 12.1 Å². The van der Waals surface area contributed by atoms with Crippen molar-refractivity contribution in [1.29, 1.82) is 0 Å². The molecule has 0 saturated carbocycles. The third kappa shape index (κ3) is 3.20. The summed E-state index contributed by atoms with van der Waals surface area (Å²) in [6, 6.07) is 6.37. The van der Waals surface area contributed by atoms with Crippen molar-refractivity contribution in [3.8, 4) is 11.1 Å². The van der Waals surface area contributed by atoms with Gasteiger partial charge in [0.05, 0.1) is 12.4 Å². The number of H-pyrrole nitrogens is 1. The van der Waals surface area contributed by atoms with Crippen LogP contribution in [0.15, 0.2) is 49.1 Å². The first-order valence-corrected chi connectivity index (χ1v) is 8.57. The van der Waals surface area contributed by atoms with Crippen molar-refractivity contribution >= 4 is 5.91 Å². The molecule has 26 heavy (non-hydrogen) atoms. The van der Waals surface area contributed by atoms with Crippen LogP contribution >= 0.6 is 0 Å². The van der Waals surface area contributed by atoms with E-state index in [0.29, 0.717) is 18.8 Å². The van der Waals surface area contributed by atoms with Gasteiger partial charge in [-0.15, -0.1) is 0 Å². The number of carbonyl (C=O) groups is 1. The smallest absolute Gasteiger partial charge is 0.274 e. The van der Waals surface area contributed by atoms with Gasteiger partial charge in [0.1, 0.15) is 11.5 Å². The number of hydrogen-bond donors (Lipinski definition) is 1. The van der Waals surface area contributed by atoms with Crippen LogP contribution < -0.4 is 0 Å². The van der Waals surface area contributed by atoms with Crippen molar-refractivity contribution in [3.05, 3.63) is 66.3 Å². The highest BCUT2D eigenvalue weighted by Crippen LogP contribution is 2.33. The first-order chi connectivity index (χ1) is 12.7. The Kier molecular flexibility index (Phi) is 4.43. The van der Waals surface area contributed by atoms with E-state index in [1.54, 1.807) is 24.5 Å². The van der Waals surface area contributed by atoms with Crippen LogP contribution in [0.1, 0.15) is 34.9 Å². The molecule has 0 aliphatic carbocycles. The van der Waals surface area contributed by atoms with Gasteiger partial charge in [0.2, 0.25) is 0 Å². The molecule has 6 nitrogen and oxygen atoms in total. The third-order valence-electron chi connectivity index (χ3n) is 4.72. The van der Waals surface area contributed by atoms with Gasteiger partial charge in [-0.3, -0.25) is 14.9 Å². The summed E-state index contributed by atoms with van der Waals surface area (Å²) in [6.07, 6.45) is 8.18. The minimum atomic E-state index is -0.266. The molecule has 1 amide bonds. The van der Waals surface area contributed by atoms with Gasteiger partial charge in [-0.25, -0.2) is 9.37 Å². The lowest BCUT2D eigenvalue weighted by Gasteiger charge is -2.32. The van der Waals surface area contributed by atoms with E-state index in [1.807, 2.05) is 4.90 Å². The molecule has 1 aromatic carbocycles. The molecule has 3 heterocycles. The average Bonchev–Trinajstić information content (AvgIpc) is 3.19. The fourth-order valence-electron chi connectivity index (χ4n) is 3.44. The second-order valence-corrected chi connectivity index (χ2v) is 6.39. The standard InChI is InChI=1S/C19H18FN5O/c20-15-5-3-13(4-6-15)16-10-23-24-18(16)14-2-1-9-25(12-14)19(26)17-11-21-7-8-22-17/h3-8,10-11,14H,1-2,9,12H2,(H,23,24). The number of halogens is 1. The van der Waals surface area contributed by atoms with Gasteiger partial charge in [-0.05, 0) is 30.5 Å². The van der Waals surface area contributed by atoms with E-state index in [4.69, 9.17) is 0 Å². The highest BCUT2D eigenvalue weighted by molar-refractivity contribution is 5.92. The molecule has 132 valence electrons. The fourth-order valence-corrected chi connectivity index (χ4v) is 3.44. The lowest BCUT2D eigenvalue weighted by molar-refractivity contribution is 0.0699. The van der Waals surface area contributed by atoms with Crippen LogP contribution in [-0.4, -0.2) is 44.1 Å². The van der Waals surface area contributed by atoms with Crippen LogP contribution in [0.2, 0.25) is 0 Å². The van der Waals surface area contributed by atoms with Gasteiger partial charge in [0, 0.05) is 42.7 Å². The Morgan fingerprint density at radius 2 is 2.04 bits per heavy atom. The molecule has 0 spiro atoms. The molecule has 1 fully saturated rings. The lowest BCUT2D eigenvalue weighted by atomic mass is 9.90. The van der Waals surface area contributed by atoms with Gasteiger partial charge >= 0.3 is 0 Å². The summed E-state index contributed by atoms with van der Waals surface area (Å²) in [4.78, 5) is 22.6. The monoisotopic (exact) mass is 351 g/mol. The number of rotatable bonds is 3. The van der Waals surface area contributed by atoms with Crippen molar-refractivity contribution in [1.82, 2.24) is 25.1 Å². The number of nitrogens with one attached hydrogen (secondary N) is 1. The highest BCUT2D eigenvalue weighted by atomic mass is 19.1. The minimum absolute atomic E-state index is 0.106. The Hall–Kier alpha value is -3.09. The van der Waals surface area contributed by atoms with Gasteiger partial charge in [-0.2, -0.15) is 5.10 Å². The maximum absolute atomic E-state index is 13.2. The Morgan fingerprint density at radius 1 is 1.19 bits per heavy atom. The zero-order valence-corrected chi connectivity index (χ0v) is 14.1. The van der Waals surface area contributed by atoms with Crippen LogP contribution in [0.3, 0.4) is 0 Å². The molecule has 1 atom stereocenters. The van der Waals surface area contributed by atoms with Gasteiger partial charge in [0.25, 0.3) is 5.91 Å². The highest BCUT2D eigenvalue weighted by Gasteiger charge is 2.28. The maximum Gasteiger partial charge on any atom is 0.274 e. The summed E-state index contributed by atoms with van der Waals surface area (Å²) >= 11 is 0. The molecule has 1 saturated heterocycles. The molecule has 0 radical (unpaired) electrons. The van der Waals surface area contributed by atoms with Crippen molar-refractivity contribution < 1.29 is 9.18 Å². The summed E-state index contributed by atoms with van der Waals surface area (Å²) in [7, 11) is 0. The first-order valence-electron chi connectivity index (χ1n) is 8.57. The van der Waals surface area contributed by atoms with Crippen molar-refractivity contribution in [2.24, 2.45) is 0 Å². The largest absolute Gasteiger partial charge is 0.337 e. The van der Waals surface area contributed by atoms with E-state index >= 15 is 0 Å². The molecule has 1 N–H and O–H groups in total. The Morgan fingerprint density at radius 3 is 2.81 bits per heavy atom. The van der Waals surface area contributed by atoms with Crippen LogP contribution in [-0.2, 0) is 0 Å². The molecule has 1 unspecified atom stereocenters. The molecule has 4 rings (SSSR count). The number of amides is 1. The number of piperidine rings is 1. The molecule has 0 bridgehead atoms. The number of carbonyl (C=O) groups excluding carboxylic acids is 1. The van der Waals surface area contributed by atoms with Crippen LogP contribution in [0, 0.1) is 5.82 Å². The van der Waals surface area contributed by atoms with Crippen LogP contribution in [0.4, 0.5) is 4.39 Å². The van der Waals surface area contributed by atoms with Crippen LogP contribution in [0.5, 0.6) is 0 Å². The second-order valence-electron chi connectivity index (χ2n) is 6.39. The average molecular weight is 351 g/mol. The minimum Gasteiger partial charge on any atom is -0.337 e. The predicted octanol–water partition coefficient (Wildman–Crippen LogP) is 3.03. The van der Waals surface area contributed by atoms with E-state index in [1.165, 1.54) is 24.5 Å². The molecule has 2 aromatic heterocycles. The lowest BCUT2D eigenvalue weighted by Crippen LogP contribution is -2.39. The van der Waals surface area contributed by atoms with Crippen LogP contribution in [0.25, 0.3) is 11.1 Å². The summed E-state index contributed by atoms with van der Waals surface area (Å²) in [5.74, 6) is -0.227. The number of aromatic amines is 1. The molecule has 1 aliphatic heterocycles. The Balaban J connectivity index is 1.57. The number of likely N-dealkylation sites (tertiary alicyclic amines) is 1. The van der Waals surface area contributed by atoms with E-state index in [2.05, 4.69) is 20.2 Å². The van der Waals surface area contributed by atoms with E-state index in [-0.39, 0.29) is 17.6 Å². The summed E-state index contributed by atoms with van der Waals surface area (Å²) in [5.41, 5.74) is 3.20. The van der Waals surface area contributed by atoms with Gasteiger partial charge < -0.3 is 4.90 Å². The molecular weight excluding hydrogens is 333 g/mol. The summed E-state index contributed by atoms with van der Waals surface area (Å²) < 4.78 is 13.2. The first kappa shape index (κ1) is 16.4. The van der Waals surface area contributed by atoms with E-state index in [0.717, 1.165) is 29.7 Å². The second kappa shape index (κ2) is 7.03. The quantitative estimate of drug-likeness (QED) is 0.787. The summed E-state index contributed by atoms with van der Waals surface area (Å²) in [6.45, 7) is 1.29. The molecule has 1 aliphatic rings. The van der Waals surface area contributed by atoms with E-state index < -0.39 is 0 Å². The number of aromatic nitrogens is 4. The third-order valence-corrected chi connectivity index (χ3v) is 4.72. The van der Waals surface area contributed by atoms with Crippen molar-refractivity contribution in [2.75, 3.05) is 13.1 Å². The SMILES string of the molecule is O=C(c1cnccn1)N1CCCC(c2[nH]ncc2-c2ccc(F)cc2)C1. The van der Waals surface area contributed by atoms with Crippen molar-refractivity contribution in [3.63, 3.8) is 0 Å². The topological polar surface area (TPSA) is 74.8 Å². The van der Waals surface area contributed by atoms with E-state index in [9.17, 15) is 9.18 Å². The Bertz CT molecular complexity index is 894. The fraction of sp³-hybridized carbons (Fsp3) is 0.263. The molecule has 7 heteroatoms. The number of hydrogen-bond acceptors (Lipinski definition) is 4. The number of nitrogens with zero attached hydrogens (tertiary/aromatic N) is 4. The summed E-state index contributed by atoms with van der Waals surface area (Å²) in [5, 5.41) is 7.26. The number of benzene rings is 1. The zero-order valence-electron chi connectivity index (χ0n) is 14.1.